The lowest BCUT2D eigenvalue weighted by Gasteiger charge is -2.51. The molecule has 2 aromatic rings. The molecule has 0 bridgehead atoms. The third kappa shape index (κ3) is 4.55. The van der Waals surface area contributed by atoms with Gasteiger partial charge in [-0.2, -0.15) is 23.8 Å². The second kappa shape index (κ2) is 8.85. The van der Waals surface area contributed by atoms with Crippen LogP contribution in [0.3, 0.4) is 0 Å². The summed E-state index contributed by atoms with van der Waals surface area (Å²) < 4.78 is 76.9. The van der Waals surface area contributed by atoms with Crippen molar-refractivity contribution in [2.24, 2.45) is 11.1 Å². The van der Waals surface area contributed by atoms with E-state index in [9.17, 15) is 27.1 Å². The molecule has 5 rings (SSSR count). The van der Waals surface area contributed by atoms with Crippen molar-refractivity contribution in [3.05, 3.63) is 62.4 Å². The van der Waals surface area contributed by atoms with Crippen molar-refractivity contribution >= 4 is 57.0 Å². The molecule has 2 fully saturated rings. The summed E-state index contributed by atoms with van der Waals surface area (Å²) in [6.45, 7) is -0.513. The summed E-state index contributed by atoms with van der Waals surface area (Å²) in [5.74, 6) is -0.928. The summed E-state index contributed by atoms with van der Waals surface area (Å²) >= 11 is 17.8. The molecule has 1 unspecified atom stereocenters. The first-order chi connectivity index (χ1) is 17.1. The van der Waals surface area contributed by atoms with Crippen molar-refractivity contribution in [3.8, 4) is 0 Å². The summed E-state index contributed by atoms with van der Waals surface area (Å²) in [4.78, 5) is 22.7. The van der Waals surface area contributed by atoms with Crippen LogP contribution < -0.4 is 0 Å². The van der Waals surface area contributed by atoms with E-state index in [1.807, 2.05) is 0 Å². The minimum Gasteiger partial charge on any atom is -0.374 e. The van der Waals surface area contributed by atoms with E-state index in [0.717, 1.165) is 12.1 Å². The monoisotopic (exact) mass is 601 g/mol. The van der Waals surface area contributed by atoms with Gasteiger partial charge in [0, 0.05) is 17.3 Å². The number of hydrogen-bond acceptors (Lipinski definition) is 6. The van der Waals surface area contributed by atoms with E-state index in [4.69, 9.17) is 39.6 Å². The number of benzene rings is 1. The summed E-state index contributed by atoms with van der Waals surface area (Å²) in [7, 11) is -2.69. The van der Waals surface area contributed by atoms with E-state index in [1.54, 1.807) is 0 Å². The third-order valence-electron chi connectivity index (χ3n) is 6.67. The van der Waals surface area contributed by atoms with Crippen LogP contribution >= 0.6 is 45.4 Å². The number of carbonyl (C=O) groups is 1. The van der Waals surface area contributed by atoms with Crippen LogP contribution in [0.25, 0.3) is 0 Å². The van der Waals surface area contributed by atoms with Crippen LogP contribution in [0.1, 0.15) is 23.2 Å². The number of rotatable bonds is 4. The highest BCUT2D eigenvalue weighted by atomic mass is 35.5. The number of pyridine rings is 1. The maximum Gasteiger partial charge on any atom is 0.435 e. The van der Waals surface area contributed by atoms with Gasteiger partial charge in [-0.15, -0.1) is 0 Å². The van der Waals surface area contributed by atoms with Gasteiger partial charge in [-0.05, 0) is 24.3 Å². The maximum atomic E-state index is 15.3. The quantitative estimate of drug-likeness (QED) is 0.330. The molecule has 200 valence electrons. The molecule has 1 amide bonds. The Morgan fingerprint density at radius 1 is 1.14 bits per heavy atom. The zero-order valence-electron chi connectivity index (χ0n) is 18.6. The van der Waals surface area contributed by atoms with Gasteiger partial charge in [-0.3, -0.25) is 18.9 Å². The van der Waals surface area contributed by atoms with Gasteiger partial charge in [-0.25, -0.2) is 4.39 Å². The Hall–Kier alpha value is -1.83. The third-order valence-corrected chi connectivity index (χ3v) is 9.74. The largest absolute Gasteiger partial charge is 0.435 e. The highest BCUT2D eigenvalue weighted by Crippen LogP contribution is 2.53. The lowest BCUT2D eigenvalue weighted by molar-refractivity contribution is -0.275. The van der Waals surface area contributed by atoms with E-state index in [2.05, 4.69) is 10.1 Å². The lowest BCUT2D eigenvalue weighted by atomic mass is 9.86. The fourth-order valence-electron chi connectivity index (χ4n) is 4.55. The second-order valence-corrected chi connectivity index (χ2v) is 12.8. The summed E-state index contributed by atoms with van der Waals surface area (Å²) in [5.41, 5.74) is -5.04. The molecule has 37 heavy (non-hydrogen) atoms. The normalized spacial score (nSPS) is 25.5. The Bertz CT molecular complexity index is 1270. The molecule has 0 radical (unpaired) electrons. The predicted molar refractivity (Wildman–Crippen MR) is 131 cm³/mol. The number of likely N-dealkylation sites (tertiary alicyclic amines) is 1. The van der Waals surface area contributed by atoms with E-state index < -0.39 is 40.4 Å². The van der Waals surface area contributed by atoms with Crippen LogP contribution in [-0.4, -0.2) is 61.4 Å². The molecule has 4 heterocycles. The molecule has 0 aliphatic carbocycles. The minimum absolute atomic E-state index is 0.0102. The van der Waals surface area contributed by atoms with Gasteiger partial charge in [0.25, 0.3) is 5.60 Å². The summed E-state index contributed by atoms with van der Waals surface area (Å²) in [5, 5.41) is 3.19. The molecule has 0 spiro atoms. The number of hydrogen-bond donors (Lipinski definition) is 2. The first kappa shape index (κ1) is 26.8. The van der Waals surface area contributed by atoms with E-state index >= 15 is 4.39 Å². The van der Waals surface area contributed by atoms with Crippen LogP contribution in [0.4, 0.5) is 17.6 Å². The van der Waals surface area contributed by atoms with Crippen LogP contribution in [0, 0.1) is 5.92 Å². The van der Waals surface area contributed by atoms with E-state index in [0.29, 0.717) is 0 Å². The molecule has 0 saturated carbocycles. The smallest absolute Gasteiger partial charge is 0.374 e. The Labute approximate surface area is 224 Å². The van der Waals surface area contributed by atoms with Gasteiger partial charge < -0.3 is 9.74 Å². The summed E-state index contributed by atoms with van der Waals surface area (Å²) in [6, 6.07) is 4.74. The van der Waals surface area contributed by atoms with Gasteiger partial charge in [0.1, 0.15) is 0 Å². The topological polar surface area (TPSA) is 95.2 Å². The Morgan fingerprint density at radius 3 is 2.27 bits per heavy atom. The molecule has 3 aliphatic heterocycles. The molecule has 2 N–H and O–H groups in total. The highest BCUT2D eigenvalue weighted by Gasteiger charge is 2.62. The number of carbonyl (C=O) groups excluding carboxylic acids is 1. The number of amides is 1. The molecule has 1 atom stereocenters. The molecule has 3 aliphatic rings. The number of oxime groups is 1. The zero-order valence-corrected chi connectivity index (χ0v) is 21.7. The van der Waals surface area contributed by atoms with Crippen LogP contribution in [0.5, 0.6) is 0 Å². The summed E-state index contributed by atoms with van der Waals surface area (Å²) in [6.07, 6.45) is -4.42. The van der Waals surface area contributed by atoms with Gasteiger partial charge in [0.05, 0.1) is 63.4 Å². The van der Waals surface area contributed by atoms with Crippen molar-refractivity contribution in [3.63, 3.8) is 0 Å². The molecule has 2 saturated heterocycles. The zero-order chi connectivity index (χ0) is 27.0. The SMILES string of the molecule is O=C(C1CS(O)(O)C1)N1CC(F)(c2ccc(C3=NOC(c4cc(Cl)c(Cl)c(Cl)c4)(C(F)(F)F)C3)cn2)C1. The number of nitrogens with zero attached hydrogens (tertiary/aromatic N) is 3. The van der Waals surface area contributed by atoms with E-state index in [1.165, 1.54) is 23.2 Å². The van der Waals surface area contributed by atoms with Crippen LogP contribution in [0.2, 0.25) is 15.1 Å². The maximum absolute atomic E-state index is 15.3. The van der Waals surface area contributed by atoms with Crippen molar-refractivity contribution in [1.82, 2.24) is 9.88 Å². The van der Waals surface area contributed by atoms with Gasteiger partial charge >= 0.3 is 6.18 Å². The molecular formula is C22H18Cl3F4N3O4S. The van der Waals surface area contributed by atoms with Gasteiger partial charge in [0.2, 0.25) is 5.91 Å². The fourth-order valence-corrected chi connectivity index (χ4v) is 6.62. The van der Waals surface area contributed by atoms with Crippen LogP contribution in [0.15, 0.2) is 35.6 Å². The number of alkyl halides is 4. The van der Waals surface area contributed by atoms with Crippen molar-refractivity contribution in [1.29, 1.82) is 0 Å². The molecular weight excluding hydrogens is 585 g/mol. The van der Waals surface area contributed by atoms with Gasteiger partial charge in [0.15, 0.2) is 5.67 Å². The predicted octanol–water partition coefficient (Wildman–Crippen LogP) is 6.01. The van der Waals surface area contributed by atoms with Crippen molar-refractivity contribution in [2.75, 3.05) is 24.6 Å². The average Bonchev–Trinajstić information content (AvgIpc) is 3.25. The number of halogens is 7. The van der Waals surface area contributed by atoms with Crippen molar-refractivity contribution < 1.29 is 36.3 Å². The van der Waals surface area contributed by atoms with Gasteiger partial charge in [-0.1, -0.05) is 40.0 Å². The average molecular weight is 603 g/mol. The first-order valence-corrected chi connectivity index (χ1v) is 13.8. The molecule has 7 nitrogen and oxygen atoms in total. The Morgan fingerprint density at radius 2 is 1.76 bits per heavy atom. The molecule has 1 aromatic heterocycles. The lowest BCUT2D eigenvalue weighted by Crippen LogP contribution is -2.62. The molecule has 15 heteroatoms. The second-order valence-electron chi connectivity index (χ2n) is 9.31. The first-order valence-electron chi connectivity index (χ1n) is 10.8. The Balaban J connectivity index is 1.30. The molecule has 1 aromatic carbocycles. The highest BCUT2D eigenvalue weighted by molar-refractivity contribution is 8.25. The van der Waals surface area contributed by atoms with Crippen molar-refractivity contribution in [2.45, 2.75) is 23.9 Å². The fraction of sp³-hybridized carbons (Fsp3) is 0.409. The Kier molecular flexibility index (Phi) is 6.40. The van der Waals surface area contributed by atoms with Crippen LogP contribution in [-0.2, 0) is 20.9 Å². The minimum atomic E-state index is -4.90. The standard InChI is InChI=1S/C22H18Cl3F4N3O4S/c23-14-3-13(4-15(24)18(14)25)21(22(27,28)29)5-16(31-36-21)11-1-2-17(30-6-11)20(26)9-32(10-20)19(33)12-7-37(34,35)8-12/h1-4,6,12,34-35H,5,7-10H2. The number of aromatic nitrogens is 1. The van der Waals surface area contributed by atoms with E-state index in [-0.39, 0.29) is 68.1 Å².